The fourth-order valence-electron chi connectivity index (χ4n) is 3.11. The van der Waals surface area contributed by atoms with Crippen LogP contribution in [0, 0.1) is 17.7 Å². The standard InChI is InChI=1S/C16H23FN2O/c1-10(2)12-5-3-4-6-15(12)19-16(20)13-9-11(17)7-8-14(13)18/h7-10,12,15H,3-6,18H2,1-2H3,(H,19,20). The number of nitrogen functional groups attached to an aromatic ring is 1. The molecule has 4 heteroatoms. The van der Waals surface area contributed by atoms with Gasteiger partial charge in [-0.2, -0.15) is 0 Å². The largest absolute Gasteiger partial charge is 0.398 e. The molecule has 1 aliphatic carbocycles. The van der Waals surface area contributed by atoms with Crippen LogP contribution in [0.4, 0.5) is 10.1 Å². The number of nitrogens with one attached hydrogen (secondary N) is 1. The van der Waals surface area contributed by atoms with Crippen molar-refractivity contribution >= 4 is 11.6 Å². The Kier molecular flexibility index (Phi) is 4.63. The summed E-state index contributed by atoms with van der Waals surface area (Å²) >= 11 is 0. The van der Waals surface area contributed by atoms with Gasteiger partial charge in [-0.05, 0) is 42.9 Å². The van der Waals surface area contributed by atoms with E-state index in [4.69, 9.17) is 5.73 Å². The Labute approximate surface area is 119 Å². The van der Waals surface area contributed by atoms with Gasteiger partial charge in [0.15, 0.2) is 0 Å². The quantitative estimate of drug-likeness (QED) is 0.833. The zero-order chi connectivity index (χ0) is 14.7. The number of hydrogen-bond donors (Lipinski definition) is 2. The van der Waals surface area contributed by atoms with E-state index in [0.717, 1.165) is 19.3 Å². The predicted molar refractivity (Wildman–Crippen MR) is 78.9 cm³/mol. The number of halogens is 1. The fraction of sp³-hybridized carbons (Fsp3) is 0.562. The molecule has 0 aromatic heterocycles. The van der Waals surface area contributed by atoms with Crippen LogP contribution in [-0.4, -0.2) is 11.9 Å². The van der Waals surface area contributed by atoms with Crippen molar-refractivity contribution < 1.29 is 9.18 Å². The highest BCUT2D eigenvalue weighted by atomic mass is 19.1. The molecule has 0 heterocycles. The van der Waals surface area contributed by atoms with Crippen LogP contribution in [0.1, 0.15) is 49.9 Å². The Morgan fingerprint density at radius 1 is 1.35 bits per heavy atom. The number of amides is 1. The third kappa shape index (κ3) is 3.30. The third-order valence-corrected chi connectivity index (χ3v) is 4.25. The molecule has 1 aromatic carbocycles. The van der Waals surface area contributed by atoms with Crippen molar-refractivity contribution in [3.8, 4) is 0 Å². The molecular weight excluding hydrogens is 255 g/mol. The topological polar surface area (TPSA) is 55.1 Å². The van der Waals surface area contributed by atoms with Gasteiger partial charge in [-0.1, -0.05) is 26.7 Å². The van der Waals surface area contributed by atoms with Gasteiger partial charge in [0.2, 0.25) is 0 Å². The van der Waals surface area contributed by atoms with Gasteiger partial charge in [0.25, 0.3) is 5.91 Å². The van der Waals surface area contributed by atoms with E-state index in [1.54, 1.807) is 0 Å². The van der Waals surface area contributed by atoms with Crippen molar-refractivity contribution in [2.45, 2.75) is 45.6 Å². The minimum atomic E-state index is -0.437. The van der Waals surface area contributed by atoms with Crippen molar-refractivity contribution in [3.63, 3.8) is 0 Å². The van der Waals surface area contributed by atoms with Gasteiger partial charge in [0.05, 0.1) is 5.56 Å². The van der Waals surface area contributed by atoms with E-state index in [0.29, 0.717) is 17.5 Å². The van der Waals surface area contributed by atoms with Gasteiger partial charge >= 0.3 is 0 Å². The minimum Gasteiger partial charge on any atom is -0.398 e. The summed E-state index contributed by atoms with van der Waals surface area (Å²) in [6.07, 6.45) is 4.48. The van der Waals surface area contributed by atoms with Crippen molar-refractivity contribution in [3.05, 3.63) is 29.6 Å². The SMILES string of the molecule is CC(C)C1CCCCC1NC(=O)c1cc(F)ccc1N. The molecule has 0 aliphatic heterocycles. The summed E-state index contributed by atoms with van der Waals surface area (Å²) in [6.45, 7) is 4.37. The van der Waals surface area contributed by atoms with Gasteiger partial charge < -0.3 is 11.1 Å². The lowest BCUT2D eigenvalue weighted by molar-refractivity contribution is 0.0889. The molecule has 0 spiro atoms. The molecule has 2 rings (SSSR count). The number of benzene rings is 1. The van der Waals surface area contributed by atoms with E-state index in [9.17, 15) is 9.18 Å². The number of anilines is 1. The molecule has 2 atom stereocenters. The van der Waals surface area contributed by atoms with E-state index < -0.39 is 5.82 Å². The molecule has 1 aliphatic rings. The van der Waals surface area contributed by atoms with Crippen LogP contribution in [-0.2, 0) is 0 Å². The van der Waals surface area contributed by atoms with Gasteiger partial charge in [0, 0.05) is 11.7 Å². The Bertz CT molecular complexity index is 487. The first kappa shape index (κ1) is 14.8. The van der Waals surface area contributed by atoms with Crippen LogP contribution >= 0.6 is 0 Å². The molecule has 1 amide bonds. The first-order valence-corrected chi connectivity index (χ1v) is 7.35. The first-order valence-electron chi connectivity index (χ1n) is 7.35. The summed E-state index contributed by atoms with van der Waals surface area (Å²) < 4.78 is 13.3. The van der Waals surface area contributed by atoms with Crippen LogP contribution in [0.15, 0.2) is 18.2 Å². The van der Waals surface area contributed by atoms with Crippen molar-refractivity contribution in [1.29, 1.82) is 0 Å². The molecule has 1 fully saturated rings. The number of rotatable bonds is 3. The first-order chi connectivity index (χ1) is 9.49. The van der Waals surface area contributed by atoms with E-state index in [2.05, 4.69) is 19.2 Å². The molecule has 1 aromatic rings. The van der Waals surface area contributed by atoms with Gasteiger partial charge in [-0.15, -0.1) is 0 Å². The molecule has 1 saturated carbocycles. The van der Waals surface area contributed by atoms with Crippen LogP contribution in [0.5, 0.6) is 0 Å². The monoisotopic (exact) mass is 278 g/mol. The summed E-state index contributed by atoms with van der Waals surface area (Å²) in [5, 5.41) is 3.05. The second-order valence-corrected chi connectivity index (χ2v) is 6.00. The zero-order valence-electron chi connectivity index (χ0n) is 12.2. The molecule has 2 unspecified atom stereocenters. The van der Waals surface area contributed by atoms with Crippen LogP contribution < -0.4 is 11.1 Å². The molecule has 0 bridgehead atoms. The highest BCUT2D eigenvalue weighted by Crippen LogP contribution is 2.30. The normalized spacial score (nSPS) is 22.8. The van der Waals surface area contributed by atoms with E-state index in [-0.39, 0.29) is 17.5 Å². The second-order valence-electron chi connectivity index (χ2n) is 6.00. The van der Waals surface area contributed by atoms with Gasteiger partial charge in [-0.25, -0.2) is 4.39 Å². The van der Waals surface area contributed by atoms with Crippen molar-refractivity contribution in [1.82, 2.24) is 5.32 Å². The number of carbonyl (C=O) groups excluding carboxylic acids is 1. The summed E-state index contributed by atoms with van der Waals surface area (Å²) in [7, 11) is 0. The molecule has 0 radical (unpaired) electrons. The van der Waals surface area contributed by atoms with Crippen molar-refractivity contribution in [2.75, 3.05) is 5.73 Å². The lowest BCUT2D eigenvalue weighted by Gasteiger charge is -2.35. The maximum absolute atomic E-state index is 13.3. The smallest absolute Gasteiger partial charge is 0.253 e. The van der Waals surface area contributed by atoms with Crippen LogP contribution in [0.25, 0.3) is 0 Å². The number of carbonyl (C=O) groups is 1. The Morgan fingerprint density at radius 3 is 2.75 bits per heavy atom. The van der Waals surface area contributed by atoms with Gasteiger partial charge in [-0.3, -0.25) is 4.79 Å². The van der Waals surface area contributed by atoms with E-state index in [1.165, 1.54) is 24.6 Å². The summed E-state index contributed by atoms with van der Waals surface area (Å²) in [6, 6.07) is 4.07. The Hall–Kier alpha value is -1.58. The van der Waals surface area contributed by atoms with Crippen LogP contribution in [0.3, 0.4) is 0 Å². The van der Waals surface area contributed by atoms with E-state index in [1.807, 2.05) is 0 Å². The minimum absolute atomic E-state index is 0.166. The highest BCUT2D eigenvalue weighted by molar-refractivity contribution is 5.99. The molecule has 0 saturated heterocycles. The predicted octanol–water partition coefficient (Wildman–Crippen LogP) is 3.35. The summed E-state index contributed by atoms with van der Waals surface area (Å²) in [5.74, 6) is 0.320. The van der Waals surface area contributed by atoms with E-state index >= 15 is 0 Å². The Balaban J connectivity index is 2.11. The molecule has 20 heavy (non-hydrogen) atoms. The molecule has 110 valence electrons. The van der Waals surface area contributed by atoms with Gasteiger partial charge in [0.1, 0.15) is 5.82 Å². The zero-order valence-corrected chi connectivity index (χ0v) is 12.2. The maximum Gasteiger partial charge on any atom is 0.253 e. The fourth-order valence-corrected chi connectivity index (χ4v) is 3.11. The summed E-state index contributed by atoms with van der Waals surface area (Å²) in [4.78, 5) is 12.3. The van der Waals surface area contributed by atoms with Crippen LogP contribution in [0.2, 0.25) is 0 Å². The second kappa shape index (κ2) is 6.25. The third-order valence-electron chi connectivity index (χ3n) is 4.25. The number of nitrogens with two attached hydrogens (primary N) is 1. The average Bonchev–Trinajstić information content (AvgIpc) is 2.41. The molecule has 3 nitrogen and oxygen atoms in total. The average molecular weight is 278 g/mol. The maximum atomic E-state index is 13.3. The highest BCUT2D eigenvalue weighted by Gasteiger charge is 2.29. The molecular formula is C16H23FN2O. The summed E-state index contributed by atoms with van der Waals surface area (Å²) in [5.41, 5.74) is 6.32. The van der Waals surface area contributed by atoms with Crippen molar-refractivity contribution in [2.24, 2.45) is 11.8 Å². The molecule has 3 N–H and O–H groups in total. The lowest BCUT2D eigenvalue weighted by Crippen LogP contribution is -2.44. The lowest BCUT2D eigenvalue weighted by atomic mass is 9.78. The Morgan fingerprint density at radius 2 is 2.05 bits per heavy atom. The number of hydrogen-bond acceptors (Lipinski definition) is 2.